The number of anilines is 1. The topological polar surface area (TPSA) is 42.0 Å². The number of hydrogen-bond donors (Lipinski definition) is 1. The van der Waals surface area contributed by atoms with Gasteiger partial charge in [0.15, 0.2) is 11.6 Å². The van der Waals surface area contributed by atoms with Gasteiger partial charge in [-0.25, -0.2) is 8.78 Å². The number of benzene rings is 1. The minimum Gasteiger partial charge on any atom is -0.320 e. The molecule has 0 aliphatic carbocycles. The van der Waals surface area contributed by atoms with Crippen molar-refractivity contribution in [3.8, 4) is 0 Å². The summed E-state index contributed by atoms with van der Waals surface area (Å²) >= 11 is 0. The average molecular weight is 248 g/mol. The first-order valence-electron chi connectivity index (χ1n) is 5.26. The van der Waals surface area contributed by atoms with Crippen LogP contribution in [0.1, 0.15) is 16.1 Å². The van der Waals surface area contributed by atoms with Crippen LogP contribution in [0.5, 0.6) is 0 Å². The zero-order valence-corrected chi connectivity index (χ0v) is 9.58. The van der Waals surface area contributed by atoms with Crippen LogP contribution in [0, 0.1) is 18.6 Å². The highest BCUT2D eigenvalue weighted by molar-refractivity contribution is 6.04. The van der Waals surface area contributed by atoms with E-state index in [1.165, 1.54) is 18.3 Å². The van der Waals surface area contributed by atoms with Crippen LogP contribution in [-0.4, -0.2) is 10.9 Å². The number of amides is 1. The maximum atomic E-state index is 13.4. The van der Waals surface area contributed by atoms with E-state index in [-0.39, 0.29) is 5.56 Å². The van der Waals surface area contributed by atoms with Crippen LogP contribution in [0.2, 0.25) is 0 Å². The average Bonchev–Trinajstić information content (AvgIpc) is 2.35. The fourth-order valence-electron chi connectivity index (χ4n) is 1.42. The molecule has 0 fully saturated rings. The Bertz CT molecular complexity index is 582. The Morgan fingerprint density at radius 1 is 1.22 bits per heavy atom. The molecule has 18 heavy (non-hydrogen) atoms. The zero-order valence-electron chi connectivity index (χ0n) is 9.58. The van der Waals surface area contributed by atoms with Crippen LogP contribution in [-0.2, 0) is 0 Å². The molecule has 0 radical (unpaired) electrons. The van der Waals surface area contributed by atoms with Gasteiger partial charge < -0.3 is 5.32 Å². The Kier molecular flexibility index (Phi) is 3.32. The van der Waals surface area contributed by atoms with E-state index in [9.17, 15) is 13.6 Å². The van der Waals surface area contributed by atoms with Crippen LogP contribution in [0.15, 0.2) is 36.5 Å². The highest BCUT2D eigenvalue weighted by Crippen LogP contribution is 2.14. The van der Waals surface area contributed by atoms with E-state index in [4.69, 9.17) is 0 Å². The van der Waals surface area contributed by atoms with Crippen molar-refractivity contribution in [2.75, 3.05) is 5.32 Å². The molecular weight excluding hydrogens is 238 g/mol. The summed E-state index contributed by atoms with van der Waals surface area (Å²) in [6.07, 6.45) is 1.45. The third kappa shape index (κ3) is 2.51. The third-order valence-electron chi connectivity index (χ3n) is 2.37. The Labute approximate surface area is 102 Å². The molecule has 0 aliphatic rings. The smallest absolute Gasteiger partial charge is 0.258 e. The summed E-state index contributed by atoms with van der Waals surface area (Å²) in [5.41, 5.74) is 0.884. The van der Waals surface area contributed by atoms with E-state index in [1.807, 2.05) is 0 Å². The van der Waals surface area contributed by atoms with Crippen molar-refractivity contribution in [3.05, 3.63) is 59.4 Å². The number of aryl methyl sites for hydroxylation is 1. The lowest BCUT2D eigenvalue weighted by Gasteiger charge is -2.06. The van der Waals surface area contributed by atoms with Crippen molar-refractivity contribution in [2.45, 2.75) is 6.92 Å². The van der Waals surface area contributed by atoms with Crippen molar-refractivity contribution >= 4 is 11.6 Å². The van der Waals surface area contributed by atoms with Crippen LogP contribution in [0.4, 0.5) is 14.5 Å². The molecule has 1 amide bonds. The predicted octanol–water partition coefficient (Wildman–Crippen LogP) is 2.92. The Hall–Kier alpha value is -2.30. The molecule has 1 N–H and O–H groups in total. The number of carbonyl (C=O) groups excluding carboxylic acids is 1. The summed E-state index contributed by atoms with van der Waals surface area (Å²) in [6, 6.07) is 6.80. The fourth-order valence-corrected chi connectivity index (χ4v) is 1.42. The Morgan fingerprint density at radius 2 is 2.00 bits per heavy atom. The van der Waals surface area contributed by atoms with Gasteiger partial charge in [-0.15, -0.1) is 0 Å². The SMILES string of the molecule is Cc1ccc(NC(=O)c2cccc(F)c2F)cn1. The van der Waals surface area contributed by atoms with Crippen molar-refractivity contribution in [1.82, 2.24) is 4.98 Å². The van der Waals surface area contributed by atoms with Gasteiger partial charge in [0.2, 0.25) is 0 Å². The van der Waals surface area contributed by atoms with E-state index in [2.05, 4.69) is 10.3 Å². The summed E-state index contributed by atoms with van der Waals surface area (Å²) in [7, 11) is 0. The lowest BCUT2D eigenvalue weighted by molar-refractivity contribution is 0.102. The van der Waals surface area contributed by atoms with Crippen LogP contribution in [0.3, 0.4) is 0 Å². The van der Waals surface area contributed by atoms with Crippen molar-refractivity contribution in [3.63, 3.8) is 0 Å². The molecule has 0 spiro atoms. The van der Waals surface area contributed by atoms with Gasteiger partial charge in [0.05, 0.1) is 17.4 Å². The van der Waals surface area contributed by atoms with Gasteiger partial charge in [-0.05, 0) is 31.2 Å². The molecule has 5 heteroatoms. The molecule has 0 saturated heterocycles. The second-order valence-corrected chi connectivity index (χ2v) is 3.74. The van der Waals surface area contributed by atoms with E-state index in [0.29, 0.717) is 5.69 Å². The van der Waals surface area contributed by atoms with Gasteiger partial charge in [0, 0.05) is 5.69 Å². The fraction of sp³-hybridized carbons (Fsp3) is 0.0769. The number of rotatable bonds is 2. The number of pyridine rings is 1. The first-order chi connectivity index (χ1) is 8.58. The van der Waals surface area contributed by atoms with Gasteiger partial charge in [-0.1, -0.05) is 6.07 Å². The van der Waals surface area contributed by atoms with Gasteiger partial charge >= 0.3 is 0 Å². The van der Waals surface area contributed by atoms with E-state index >= 15 is 0 Å². The summed E-state index contributed by atoms with van der Waals surface area (Å²) in [5, 5.41) is 2.45. The quantitative estimate of drug-likeness (QED) is 0.887. The van der Waals surface area contributed by atoms with Gasteiger partial charge in [0.1, 0.15) is 0 Å². The number of nitrogens with zero attached hydrogens (tertiary/aromatic N) is 1. The Morgan fingerprint density at radius 3 is 2.67 bits per heavy atom. The molecule has 0 bridgehead atoms. The largest absolute Gasteiger partial charge is 0.320 e. The number of nitrogens with one attached hydrogen (secondary N) is 1. The first kappa shape index (κ1) is 12.2. The lowest BCUT2D eigenvalue weighted by Crippen LogP contribution is -2.14. The van der Waals surface area contributed by atoms with Gasteiger partial charge in [0.25, 0.3) is 5.91 Å². The van der Waals surface area contributed by atoms with Gasteiger partial charge in [-0.2, -0.15) is 0 Å². The van der Waals surface area contributed by atoms with Crippen LogP contribution < -0.4 is 5.32 Å². The lowest BCUT2D eigenvalue weighted by atomic mass is 10.2. The van der Waals surface area contributed by atoms with Crippen molar-refractivity contribution < 1.29 is 13.6 Å². The number of aromatic nitrogens is 1. The predicted molar refractivity (Wildman–Crippen MR) is 63.3 cm³/mol. The maximum absolute atomic E-state index is 13.4. The molecule has 0 atom stereocenters. The molecule has 3 nitrogen and oxygen atoms in total. The van der Waals surface area contributed by atoms with E-state index in [1.54, 1.807) is 19.1 Å². The molecule has 0 saturated carbocycles. The molecule has 2 aromatic rings. The van der Waals surface area contributed by atoms with Crippen LogP contribution in [0.25, 0.3) is 0 Å². The number of hydrogen-bond acceptors (Lipinski definition) is 2. The number of carbonyl (C=O) groups is 1. The molecule has 2 rings (SSSR count). The van der Waals surface area contributed by atoms with Crippen molar-refractivity contribution in [2.24, 2.45) is 0 Å². The first-order valence-corrected chi connectivity index (χ1v) is 5.26. The molecule has 0 unspecified atom stereocenters. The second kappa shape index (κ2) is 4.91. The second-order valence-electron chi connectivity index (χ2n) is 3.74. The molecule has 0 aliphatic heterocycles. The Balaban J connectivity index is 2.22. The summed E-state index contributed by atoms with van der Waals surface area (Å²) < 4.78 is 26.3. The molecule has 1 aromatic heterocycles. The summed E-state index contributed by atoms with van der Waals surface area (Å²) in [5.74, 6) is -2.92. The standard InChI is InChI=1S/C13H10F2N2O/c1-8-5-6-9(7-16-8)17-13(18)10-3-2-4-11(14)12(10)15/h2-7H,1H3,(H,17,18). The van der Waals surface area contributed by atoms with Crippen LogP contribution >= 0.6 is 0 Å². The highest BCUT2D eigenvalue weighted by atomic mass is 19.2. The minimum atomic E-state index is -1.16. The monoisotopic (exact) mass is 248 g/mol. The zero-order chi connectivity index (χ0) is 13.1. The van der Waals surface area contributed by atoms with Crippen molar-refractivity contribution in [1.29, 1.82) is 0 Å². The summed E-state index contributed by atoms with van der Waals surface area (Å²) in [4.78, 5) is 15.7. The molecule has 1 aromatic carbocycles. The molecule has 92 valence electrons. The van der Waals surface area contributed by atoms with E-state index < -0.39 is 17.5 Å². The highest BCUT2D eigenvalue weighted by Gasteiger charge is 2.14. The molecular formula is C13H10F2N2O. The molecule has 1 heterocycles. The summed E-state index contributed by atoms with van der Waals surface area (Å²) in [6.45, 7) is 1.80. The number of halogens is 2. The van der Waals surface area contributed by atoms with E-state index in [0.717, 1.165) is 11.8 Å². The third-order valence-corrected chi connectivity index (χ3v) is 2.37. The minimum absolute atomic E-state index is 0.337. The maximum Gasteiger partial charge on any atom is 0.258 e. The van der Waals surface area contributed by atoms with Gasteiger partial charge in [-0.3, -0.25) is 9.78 Å². The normalized spacial score (nSPS) is 10.2.